The van der Waals surface area contributed by atoms with Crippen LogP contribution in [0.15, 0.2) is 0 Å². The van der Waals surface area contributed by atoms with E-state index in [1.807, 2.05) is 23.9 Å². The van der Waals surface area contributed by atoms with Gasteiger partial charge in [0, 0.05) is 13.1 Å². The largest absolute Gasteiger partial charge is 0.287 e. The van der Waals surface area contributed by atoms with Crippen LogP contribution in [0.4, 0.5) is 0 Å². The Kier molecular flexibility index (Phi) is 2.65. The van der Waals surface area contributed by atoms with E-state index < -0.39 is 0 Å². The van der Waals surface area contributed by atoms with Crippen LogP contribution in [0.25, 0.3) is 0 Å². The zero-order chi connectivity index (χ0) is 9.14. The Labute approximate surface area is 72.6 Å². The van der Waals surface area contributed by atoms with Crippen LogP contribution in [-0.2, 0) is 0 Å². The Hall–Kier alpha value is -1.10. The van der Waals surface area contributed by atoms with Crippen molar-refractivity contribution in [2.75, 3.05) is 27.2 Å². The molecule has 0 amide bonds. The quantitative estimate of drug-likeness (QED) is 0.491. The predicted molar refractivity (Wildman–Crippen MR) is 44.1 cm³/mol. The minimum atomic E-state index is -0.0698. The molecule has 12 heavy (non-hydrogen) atoms. The van der Waals surface area contributed by atoms with Crippen molar-refractivity contribution >= 4 is 0 Å². The molecule has 1 aliphatic heterocycles. The second-order valence-electron chi connectivity index (χ2n) is 3.17. The van der Waals surface area contributed by atoms with Crippen LogP contribution in [0.1, 0.15) is 0 Å². The van der Waals surface area contributed by atoms with Crippen molar-refractivity contribution in [3.63, 3.8) is 0 Å². The van der Waals surface area contributed by atoms with Gasteiger partial charge in [-0.25, -0.2) is 0 Å². The molecular weight excluding hydrogens is 152 g/mol. The van der Waals surface area contributed by atoms with Gasteiger partial charge in [-0.15, -0.1) is 0 Å². The van der Waals surface area contributed by atoms with Gasteiger partial charge < -0.3 is 0 Å². The molecular formula is C8H12N4. The van der Waals surface area contributed by atoms with Crippen molar-refractivity contribution < 1.29 is 0 Å². The van der Waals surface area contributed by atoms with Crippen LogP contribution in [0.5, 0.6) is 0 Å². The van der Waals surface area contributed by atoms with Crippen LogP contribution in [-0.4, -0.2) is 49.1 Å². The van der Waals surface area contributed by atoms with E-state index in [1.54, 1.807) is 0 Å². The first kappa shape index (κ1) is 8.99. The fourth-order valence-corrected chi connectivity index (χ4v) is 1.36. The molecule has 1 rings (SSSR count). The van der Waals surface area contributed by atoms with Crippen LogP contribution in [0.2, 0.25) is 0 Å². The van der Waals surface area contributed by atoms with E-state index in [2.05, 4.69) is 12.1 Å². The average molecular weight is 164 g/mol. The SMILES string of the molecule is CN1CC(C#N)N(C)CC1C#N. The number of hydrogen-bond acceptors (Lipinski definition) is 4. The summed E-state index contributed by atoms with van der Waals surface area (Å²) in [7, 11) is 3.76. The molecule has 0 aromatic carbocycles. The highest BCUT2D eigenvalue weighted by molar-refractivity contribution is 5.04. The van der Waals surface area contributed by atoms with Crippen LogP contribution in [0, 0.1) is 22.7 Å². The molecule has 1 fully saturated rings. The lowest BCUT2D eigenvalue weighted by Gasteiger charge is -2.37. The van der Waals surface area contributed by atoms with Crippen molar-refractivity contribution in [2.24, 2.45) is 0 Å². The summed E-state index contributed by atoms with van der Waals surface area (Å²) in [6.45, 7) is 1.32. The lowest BCUT2D eigenvalue weighted by Crippen LogP contribution is -2.54. The van der Waals surface area contributed by atoms with Gasteiger partial charge in [-0.2, -0.15) is 10.5 Å². The maximum Gasteiger partial charge on any atom is 0.110 e. The molecule has 0 aromatic rings. The van der Waals surface area contributed by atoms with Gasteiger partial charge in [0.2, 0.25) is 0 Å². The van der Waals surface area contributed by atoms with Gasteiger partial charge in [-0.05, 0) is 14.1 Å². The molecule has 0 bridgehead atoms. The third kappa shape index (κ3) is 1.55. The van der Waals surface area contributed by atoms with Crippen molar-refractivity contribution in [3.8, 4) is 12.1 Å². The highest BCUT2D eigenvalue weighted by atomic mass is 15.3. The molecule has 4 heteroatoms. The summed E-state index contributed by atoms with van der Waals surface area (Å²) in [6.07, 6.45) is 0. The molecule has 0 aromatic heterocycles. The van der Waals surface area contributed by atoms with Crippen LogP contribution >= 0.6 is 0 Å². The Morgan fingerprint density at radius 2 is 1.33 bits per heavy atom. The van der Waals surface area contributed by atoms with E-state index in [0.29, 0.717) is 13.1 Å². The monoisotopic (exact) mass is 164 g/mol. The molecule has 0 N–H and O–H groups in total. The van der Waals surface area contributed by atoms with Gasteiger partial charge in [-0.1, -0.05) is 0 Å². The molecule has 0 aliphatic carbocycles. The number of likely N-dealkylation sites (N-methyl/N-ethyl adjacent to an activating group) is 2. The van der Waals surface area contributed by atoms with Crippen molar-refractivity contribution in [3.05, 3.63) is 0 Å². The molecule has 4 nitrogen and oxygen atoms in total. The van der Waals surface area contributed by atoms with E-state index in [4.69, 9.17) is 10.5 Å². The topological polar surface area (TPSA) is 54.1 Å². The van der Waals surface area contributed by atoms with Crippen molar-refractivity contribution in [1.29, 1.82) is 10.5 Å². The second kappa shape index (κ2) is 3.53. The summed E-state index contributed by atoms with van der Waals surface area (Å²) in [4.78, 5) is 3.85. The Morgan fingerprint density at radius 1 is 1.00 bits per heavy atom. The average Bonchev–Trinajstić information content (AvgIpc) is 2.08. The normalized spacial score (nSPS) is 32.3. The zero-order valence-corrected chi connectivity index (χ0v) is 7.36. The zero-order valence-electron chi connectivity index (χ0n) is 7.36. The van der Waals surface area contributed by atoms with Gasteiger partial charge >= 0.3 is 0 Å². The van der Waals surface area contributed by atoms with Crippen molar-refractivity contribution in [2.45, 2.75) is 12.1 Å². The first-order chi connectivity index (χ1) is 5.69. The molecule has 1 aliphatic rings. The third-order valence-electron chi connectivity index (χ3n) is 2.28. The van der Waals surface area contributed by atoms with E-state index in [1.165, 1.54) is 0 Å². The molecule has 0 radical (unpaired) electrons. The van der Waals surface area contributed by atoms with Gasteiger partial charge in [-0.3, -0.25) is 9.80 Å². The van der Waals surface area contributed by atoms with Crippen LogP contribution < -0.4 is 0 Å². The molecule has 1 saturated heterocycles. The molecule has 2 unspecified atom stereocenters. The van der Waals surface area contributed by atoms with Gasteiger partial charge in [0.1, 0.15) is 12.1 Å². The van der Waals surface area contributed by atoms with E-state index in [-0.39, 0.29) is 12.1 Å². The van der Waals surface area contributed by atoms with E-state index >= 15 is 0 Å². The minimum absolute atomic E-state index is 0.0698. The standard InChI is InChI=1S/C8H12N4/c1-11-5-8(4-10)12(2)6-7(11)3-9/h7-8H,5-6H2,1-2H3. The number of piperazine rings is 1. The number of nitrogens with zero attached hydrogens (tertiary/aromatic N) is 4. The minimum Gasteiger partial charge on any atom is -0.287 e. The second-order valence-corrected chi connectivity index (χ2v) is 3.17. The maximum atomic E-state index is 8.74. The Bertz CT molecular complexity index is 210. The fraction of sp³-hybridized carbons (Fsp3) is 0.750. The van der Waals surface area contributed by atoms with Gasteiger partial charge in [0.05, 0.1) is 12.1 Å². The first-order valence-electron chi connectivity index (χ1n) is 3.88. The summed E-state index contributed by atoms with van der Waals surface area (Å²) in [5.74, 6) is 0. The maximum absolute atomic E-state index is 8.74. The lowest BCUT2D eigenvalue weighted by atomic mass is 10.1. The molecule has 0 saturated carbocycles. The summed E-state index contributed by atoms with van der Waals surface area (Å²) in [5, 5.41) is 17.5. The molecule has 1 heterocycles. The van der Waals surface area contributed by atoms with E-state index in [0.717, 1.165) is 0 Å². The highest BCUT2D eigenvalue weighted by Crippen LogP contribution is 2.10. The van der Waals surface area contributed by atoms with Crippen LogP contribution in [0.3, 0.4) is 0 Å². The molecule has 64 valence electrons. The summed E-state index contributed by atoms with van der Waals surface area (Å²) in [6, 6.07) is 4.27. The highest BCUT2D eigenvalue weighted by Gasteiger charge is 2.28. The smallest absolute Gasteiger partial charge is 0.110 e. The Morgan fingerprint density at radius 3 is 1.58 bits per heavy atom. The third-order valence-corrected chi connectivity index (χ3v) is 2.28. The van der Waals surface area contributed by atoms with Gasteiger partial charge in [0.15, 0.2) is 0 Å². The lowest BCUT2D eigenvalue weighted by molar-refractivity contribution is 0.113. The summed E-state index contributed by atoms with van der Waals surface area (Å²) in [5.41, 5.74) is 0. The number of hydrogen-bond donors (Lipinski definition) is 0. The van der Waals surface area contributed by atoms with Gasteiger partial charge in [0.25, 0.3) is 0 Å². The molecule has 2 atom stereocenters. The predicted octanol–water partition coefficient (Wildman–Crippen LogP) is -0.352. The van der Waals surface area contributed by atoms with E-state index in [9.17, 15) is 0 Å². The Balaban J connectivity index is 2.64. The summed E-state index contributed by atoms with van der Waals surface area (Å²) >= 11 is 0. The van der Waals surface area contributed by atoms with Crippen molar-refractivity contribution in [1.82, 2.24) is 9.80 Å². The fourth-order valence-electron chi connectivity index (χ4n) is 1.36. The summed E-state index contributed by atoms with van der Waals surface area (Å²) < 4.78 is 0. The molecule has 0 spiro atoms. The number of nitriles is 2. The first-order valence-corrected chi connectivity index (χ1v) is 3.88. The number of rotatable bonds is 0.